The molecule has 1 fully saturated rings. The molecule has 1 aliphatic heterocycles. The molecule has 0 atom stereocenters. The number of nitrogens with two attached hydrogens (primary N) is 1. The van der Waals surface area contributed by atoms with E-state index in [4.69, 9.17) is 5.14 Å². The van der Waals surface area contributed by atoms with Crippen LogP contribution in [0.15, 0.2) is 36.7 Å². The minimum Gasteiger partial charge on any atom is -0.352 e. The Kier molecular flexibility index (Phi) is 6.78. The van der Waals surface area contributed by atoms with Crippen LogP contribution in [0.4, 0.5) is 19.0 Å². The average molecular weight is 514 g/mol. The molecule has 0 unspecified atom stereocenters. The van der Waals surface area contributed by atoms with E-state index >= 15 is 0 Å². The SMILES string of the molecule is NS(=O)(=O)Cc1cccc(CC(=O)N2CCN(c3ncnc4sc(CC(F)(F)F)cc34)CC2)c1. The van der Waals surface area contributed by atoms with Crippen LogP contribution >= 0.6 is 11.3 Å². The molecule has 0 radical (unpaired) electrons. The van der Waals surface area contributed by atoms with Gasteiger partial charge in [0.1, 0.15) is 17.0 Å². The second kappa shape index (κ2) is 9.47. The fourth-order valence-electron chi connectivity index (χ4n) is 3.95. The lowest BCUT2D eigenvalue weighted by Gasteiger charge is -2.35. The predicted molar refractivity (Wildman–Crippen MR) is 123 cm³/mol. The first-order valence-corrected chi connectivity index (χ1v) is 12.9. The van der Waals surface area contributed by atoms with Crippen LogP contribution in [0, 0.1) is 0 Å². The Morgan fingerprint density at radius 2 is 1.79 bits per heavy atom. The van der Waals surface area contributed by atoms with E-state index in [-0.39, 0.29) is 23.0 Å². The fourth-order valence-corrected chi connectivity index (χ4v) is 5.61. The quantitative estimate of drug-likeness (QED) is 0.543. The van der Waals surface area contributed by atoms with Gasteiger partial charge in [0.15, 0.2) is 0 Å². The summed E-state index contributed by atoms with van der Waals surface area (Å²) in [6, 6.07) is 8.24. The number of hydrogen-bond acceptors (Lipinski definition) is 7. The van der Waals surface area contributed by atoms with Crippen molar-refractivity contribution in [3.8, 4) is 0 Å². The maximum Gasteiger partial charge on any atom is 0.393 e. The number of alkyl halides is 3. The molecule has 4 rings (SSSR count). The minimum absolute atomic E-state index is 0.0942. The third kappa shape index (κ3) is 6.21. The van der Waals surface area contributed by atoms with Gasteiger partial charge in [-0.05, 0) is 17.2 Å². The number of piperazine rings is 1. The number of rotatable bonds is 6. The second-order valence-corrected chi connectivity index (χ2v) is 10.8. The third-order valence-corrected chi connectivity index (χ3v) is 7.16. The topological polar surface area (TPSA) is 109 Å². The van der Waals surface area contributed by atoms with Gasteiger partial charge in [-0.2, -0.15) is 13.2 Å². The molecule has 34 heavy (non-hydrogen) atoms. The monoisotopic (exact) mass is 513 g/mol. The Morgan fingerprint density at radius 1 is 1.09 bits per heavy atom. The molecule has 1 saturated heterocycles. The summed E-state index contributed by atoms with van der Waals surface area (Å²) in [5.74, 6) is 0.176. The van der Waals surface area contributed by atoms with Gasteiger partial charge in [-0.3, -0.25) is 4.79 Å². The number of benzene rings is 1. The number of aromatic nitrogens is 2. The zero-order chi connectivity index (χ0) is 24.5. The maximum atomic E-state index is 12.8. The van der Waals surface area contributed by atoms with E-state index in [9.17, 15) is 26.4 Å². The second-order valence-electron chi connectivity index (χ2n) is 8.09. The summed E-state index contributed by atoms with van der Waals surface area (Å²) in [5, 5.41) is 5.68. The van der Waals surface area contributed by atoms with Gasteiger partial charge < -0.3 is 9.80 Å². The average Bonchev–Trinajstić information content (AvgIpc) is 3.13. The van der Waals surface area contributed by atoms with Crippen molar-refractivity contribution in [1.29, 1.82) is 0 Å². The van der Waals surface area contributed by atoms with Gasteiger partial charge in [0.25, 0.3) is 0 Å². The van der Waals surface area contributed by atoms with Crippen molar-refractivity contribution >= 4 is 43.3 Å². The van der Waals surface area contributed by atoms with E-state index in [2.05, 4.69) is 9.97 Å². The molecule has 0 bridgehead atoms. The van der Waals surface area contributed by atoms with Crippen molar-refractivity contribution in [3.63, 3.8) is 0 Å². The van der Waals surface area contributed by atoms with Crippen molar-refractivity contribution in [2.45, 2.75) is 24.8 Å². The van der Waals surface area contributed by atoms with E-state index in [0.29, 0.717) is 53.3 Å². The van der Waals surface area contributed by atoms with Gasteiger partial charge in [-0.25, -0.2) is 23.5 Å². The molecular formula is C21H22F3N5O3S2. The third-order valence-electron chi connectivity index (χ3n) is 5.38. The van der Waals surface area contributed by atoms with Gasteiger partial charge in [0.2, 0.25) is 15.9 Å². The van der Waals surface area contributed by atoms with Crippen LogP contribution in [0.25, 0.3) is 10.2 Å². The van der Waals surface area contributed by atoms with Crippen LogP contribution in [-0.4, -0.2) is 61.5 Å². The number of fused-ring (bicyclic) bond motifs is 1. The van der Waals surface area contributed by atoms with Gasteiger partial charge in [0, 0.05) is 31.1 Å². The highest BCUT2D eigenvalue weighted by Crippen LogP contribution is 2.34. The first-order valence-electron chi connectivity index (χ1n) is 10.4. The molecule has 8 nitrogen and oxygen atoms in total. The number of nitrogens with zero attached hydrogens (tertiary/aromatic N) is 4. The molecule has 3 aromatic rings. The highest BCUT2D eigenvalue weighted by Gasteiger charge is 2.30. The first kappa shape index (κ1) is 24.4. The molecule has 1 aliphatic rings. The van der Waals surface area contributed by atoms with Gasteiger partial charge in [0.05, 0.1) is 24.0 Å². The number of hydrogen-bond donors (Lipinski definition) is 1. The molecule has 0 spiro atoms. The molecule has 1 amide bonds. The largest absolute Gasteiger partial charge is 0.393 e. The number of primary sulfonamides is 1. The summed E-state index contributed by atoms with van der Waals surface area (Å²) in [6.45, 7) is 1.82. The first-order chi connectivity index (χ1) is 16.0. The van der Waals surface area contributed by atoms with E-state index < -0.39 is 22.6 Å². The lowest BCUT2D eigenvalue weighted by atomic mass is 10.1. The lowest BCUT2D eigenvalue weighted by molar-refractivity contribution is -0.130. The van der Waals surface area contributed by atoms with Crippen molar-refractivity contribution in [2.24, 2.45) is 5.14 Å². The Balaban J connectivity index is 1.40. The van der Waals surface area contributed by atoms with E-state index in [1.165, 1.54) is 12.4 Å². The van der Waals surface area contributed by atoms with Crippen LogP contribution in [-0.2, 0) is 33.4 Å². The predicted octanol–water partition coefficient (Wildman–Crippen LogP) is 2.48. The summed E-state index contributed by atoms with van der Waals surface area (Å²) < 4.78 is 61.0. The van der Waals surface area contributed by atoms with Crippen LogP contribution in [0.1, 0.15) is 16.0 Å². The van der Waals surface area contributed by atoms with Crippen molar-refractivity contribution < 1.29 is 26.4 Å². The fraction of sp³-hybridized carbons (Fsp3) is 0.381. The highest BCUT2D eigenvalue weighted by atomic mass is 32.2. The van der Waals surface area contributed by atoms with Crippen molar-refractivity contribution in [1.82, 2.24) is 14.9 Å². The number of amides is 1. The van der Waals surface area contributed by atoms with Gasteiger partial charge in [-0.15, -0.1) is 11.3 Å². The number of anilines is 1. The Bertz CT molecular complexity index is 1300. The molecule has 13 heteroatoms. The molecule has 3 heterocycles. The summed E-state index contributed by atoms with van der Waals surface area (Å²) >= 11 is 1.01. The van der Waals surface area contributed by atoms with Gasteiger partial charge >= 0.3 is 6.18 Å². The van der Waals surface area contributed by atoms with Crippen molar-refractivity contribution in [3.05, 3.63) is 52.7 Å². The number of thiophene rings is 1. The highest BCUT2D eigenvalue weighted by molar-refractivity contribution is 7.88. The summed E-state index contributed by atoms with van der Waals surface area (Å²) in [6.07, 6.45) is -3.83. The minimum atomic E-state index is -4.29. The molecular weight excluding hydrogens is 491 g/mol. The van der Waals surface area contributed by atoms with Crippen molar-refractivity contribution in [2.75, 3.05) is 31.1 Å². The Hall–Kier alpha value is -2.77. The summed E-state index contributed by atoms with van der Waals surface area (Å²) in [5.41, 5.74) is 1.22. The van der Waals surface area contributed by atoms with E-state index in [1.54, 1.807) is 29.2 Å². The molecule has 2 aromatic heterocycles. The molecule has 0 aliphatic carbocycles. The van der Waals surface area contributed by atoms with Crippen LogP contribution in [0.3, 0.4) is 0 Å². The van der Waals surface area contributed by atoms with Crippen LogP contribution in [0.2, 0.25) is 0 Å². The Morgan fingerprint density at radius 3 is 2.47 bits per heavy atom. The number of carbonyl (C=O) groups excluding carboxylic acids is 1. The summed E-state index contributed by atoms with van der Waals surface area (Å²) in [4.78, 5) is 25.5. The zero-order valence-electron chi connectivity index (χ0n) is 18.0. The van der Waals surface area contributed by atoms with E-state index in [0.717, 1.165) is 11.3 Å². The Labute approximate surface area is 198 Å². The molecule has 1 aromatic carbocycles. The smallest absolute Gasteiger partial charge is 0.352 e. The zero-order valence-corrected chi connectivity index (χ0v) is 19.6. The lowest BCUT2D eigenvalue weighted by Crippen LogP contribution is -2.49. The molecule has 2 N–H and O–H groups in total. The number of halogens is 3. The maximum absolute atomic E-state index is 12.8. The molecule has 0 saturated carbocycles. The standard InChI is InChI=1S/C21H22F3N5O3S2/c22-21(23,24)11-16-10-17-19(26-13-27-20(17)33-16)29-6-4-28(5-7-29)18(30)9-14-2-1-3-15(8-14)12-34(25,31)32/h1-3,8,10,13H,4-7,9,11-12H2,(H2,25,31,32). The van der Waals surface area contributed by atoms with Crippen LogP contribution in [0.5, 0.6) is 0 Å². The number of sulfonamides is 1. The normalized spacial score (nSPS) is 15.2. The summed E-state index contributed by atoms with van der Waals surface area (Å²) in [7, 11) is -3.66. The number of carbonyl (C=O) groups is 1. The van der Waals surface area contributed by atoms with Gasteiger partial charge in [-0.1, -0.05) is 24.3 Å². The van der Waals surface area contributed by atoms with Crippen LogP contribution < -0.4 is 10.0 Å². The van der Waals surface area contributed by atoms with E-state index in [1.807, 2.05) is 4.90 Å². The molecule has 182 valence electrons.